The lowest BCUT2D eigenvalue weighted by Crippen LogP contribution is -2.23. The Morgan fingerprint density at radius 1 is 1.25 bits per heavy atom. The van der Waals surface area contributed by atoms with E-state index < -0.39 is 5.82 Å². The fourth-order valence-corrected chi connectivity index (χ4v) is 1.71. The molecule has 2 aromatic rings. The van der Waals surface area contributed by atoms with Gasteiger partial charge in [-0.3, -0.25) is 4.79 Å². The molecule has 0 spiro atoms. The molecule has 2 rings (SSSR count). The van der Waals surface area contributed by atoms with Crippen LogP contribution in [-0.4, -0.2) is 15.9 Å². The summed E-state index contributed by atoms with van der Waals surface area (Å²) in [6.45, 7) is 0.343. The van der Waals surface area contributed by atoms with Crippen molar-refractivity contribution in [3.05, 3.63) is 65.2 Å². The molecule has 1 aromatic heterocycles. The molecular weight excluding hydrogens is 277 g/mol. The second-order valence-corrected chi connectivity index (χ2v) is 4.55. The van der Waals surface area contributed by atoms with Crippen molar-refractivity contribution in [2.24, 2.45) is 5.73 Å². The van der Waals surface area contributed by atoms with Crippen LogP contribution in [0.4, 0.5) is 4.39 Å². The molecular formula is C14H12FN3OS. The van der Waals surface area contributed by atoms with Crippen molar-refractivity contribution >= 4 is 23.1 Å². The molecule has 0 aliphatic rings. The lowest BCUT2D eigenvalue weighted by molar-refractivity contribution is 0.0946. The molecule has 0 aliphatic heterocycles. The van der Waals surface area contributed by atoms with Crippen LogP contribution in [0.3, 0.4) is 0 Å². The van der Waals surface area contributed by atoms with E-state index in [1.165, 1.54) is 12.1 Å². The highest BCUT2D eigenvalue weighted by Crippen LogP contribution is 2.05. The zero-order chi connectivity index (χ0) is 14.5. The van der Waals surface area contributed by atoms with Crippen LogP contribution in [0.25, 0.3) is 0 Å². The number of pyridine rings is 1. The standard InChI is InChI=1S/C14H12FN3OS/c15-11-5-6-12(17-8-11)14(19)18-7-9-1-3-10(4-2-9)13(16)20/h1-6,8H,7H2,(H2,16,20)(H,18,19). The molecule has 1 aromatic carbocycles. The van der Waals surface area contributed by atoms with Crippen molar-refractivity contribution < 1.29 is 9.18 Å². The summed E-state index contributed by atoms with van der Waals surface area (Å²) in [5, 5.41) is 2.70. The van der Waals surface area contributed by atoms with E-state index in [9.17, 15) is 9.18 Å². The van der Waals surface area contributed by atoms with E-state index in [4.69, 9.17) is 18.0 Å². The lowest BCUT2D eigenvalue weighted by atomic mass is 10.1. The second-order valence-electron chi connectivity index (χ2n) is 4.11. The number of amides is 1. The summed E-state index contributed by atoms with van der Waals surface area (Å²) in [4.78, 5) is 15.8. The van der Waals surface area contributed by atoms with Gasteiger partial charge >= 0.3 is 0 Å². The van der Waals surface area contributed by atoms with Crippen molar-refractivity contribution in [3.8, 4) is 0 Å². The van der Waals surface area contributed by atoms with Crippen LogP contribution in [0.1, 0.15) is 21.6 Å². The molecule has 0 radical (unpaired) electrons. The average molecular weight is 289 g/mol. The number of hydrogen-bond donors (Lipinski definition) is 2. The Hall–Kier alpha value is -2.34. The number of rotatable bonds is 4. The normalized spacial score (nSPS) is 10.1. The minimum absolute atomic E-state index is 0.172. The van der Waals surface area contributed by atoms with Crippen LogP contribution in [0.5, 0.6) is 0 Å². The van der Waals surface area contributed by atoms with E-state index >= 15 is 0 Å². The zero-order valence-electron chi connectivity index (χ0n) is 10.5. The first-order valence-corrected chi connectivity index (χ1v) is 6.25. The molecule has 0 bridgehead atoms. The van der Waals surface area contributed by atoms with Gasteiger partial charge in [0.25, 0.3) is 5.91 Å². The van der Waals surface area contributed by atoms with Crippen LogP contribution < -0.4 is 11.1 Å². The molecule has 1 heterocycles. The summed E-state index contributed by atoms with van der Waals surface area (Å²) in [5.41, 5.74) is 7.35. The minimum Gasteiger partial charge on any atom is -0.389 e. The van der Waals surface area contributed by atoms with Gasteiger partial charge < -0.3 is 11.1 Å². The molecule has 0 saturated carbocycles. The molecule has 102 valence electrons. The number of thiocarbonyl (C=S) groups is 1. The first-order chi connectivity index (χ1) is 9.56. The molecule has 0 aliphatic carbocycles. The van der Waals surface area contributed by atoms with Crippen LogP contribution in [-0.2, 0) is 6.54 Å². The van der Waals surface area contributed by atoms with Gasteiger partial charge in [-0.2, -0.15) is 0 Å². The largest absolute Gasteiger partial charge is 0.389 e. The maximum absolute atomic E-state index is 12.7. The Labute approximate surface area is 120 Å². The summed E-state index contributed by atoms with van der Waals surface area (Å²) < 4.78 is 12.7. The topological polar surface area (TPSA) is 68.0 Å². The molecule has 6 heteroatoms. The Morgan fingerprint density at radius 3 is 2.50 bits per heavy atom. The summed E-state index contributed by atoms with van der Waals surface area (Å²) >= 11 is 4.86. The van der Waals surface area contributed by atoms with Gasteiger partial charge in [-0.1, -0.05) is 36.5 Å². The Morgan fingerprint density at radius 2 is 1.95 bits per heavy atom. The highest BCUT2D eigenvalue weighted by Gasteiger charge is 2.06. The predicted molar refractivity (Wildman–Crippen MR) is 77.7 cm³/mol. The number of benzene rings is 1. The Balaban J connectivity index is 1.96. The van der Waals surface area contributed by atoms with Gasteiger partial charge in [-0.25, -0.2) is 9.37 Å². The highest BCUT2D eigenvalue weighted by atomic mass is 32.1. The quantitative estimate of drug-likeness (QED) is 0.842. The Kier molecular flexibility index (Phi) is 4.37. The van der Waals surface area contributed by atoms with Crippen LogP contribution in [0, 0.1) is 5.82 Å². The number of aromatic nitrogens is 1. The van der Waals surface area contributed by atoms with Crippen molar-refractivity contribution in [2.45, 2.75) is 6.54 Å². The van der Waals surface area contributed by atoms with E-state index in [1.807, 2.05) is 12.1 Å². The third kappa shape index (κ3) is 3.58. The van der Waals surface area contributed by atoms with E-state index in [0.717, 1.165) is 17.3 Å². The fourth-order valence-electron chi connectivity index (χ4n) is 1.57. The summed E-state index contributed by atoms with van der Waals surface area (Å²) in [7, 11) is 0. The highest BCUT2D eigenvalue weighted by molar-refractivity contribution is 7.80. The molecule has 1 amide bonds. The molecule has 0 fully saturated rings. The molecule has 0 unspecified atom stereocenters. The zero-order valence-corrected chi connectivity index (χ0v) is 11.3. The molecule has 0 atom stereocenters. The van der Waals surface area contributed by atoms with Gasteiger partial charge in [0.15, 0.2) is 0 Å². The summed E-state index contributed by atoms with van der Waals surface area (Å²) in [5.74, 6) is -0.835. The molecule has 0 saturated heterocycles. The van der Waals surface area contributed by atoms with Gasteiger partial charge in [-0.15, -0.1) is 0 Å². The van der Waals surface area contributed by atoms with Crippen molar-refractivity contribution in [3.63, 3.8) is 0 Å². The van der Waals surface area contributed by atoms with Gasteiger partial charge in [-0.05, 0) is 17.7 Å². The van der Waals surface area contributed by atoms with Gasteiger partial charge in [0.1, 0.15) is 16.5 Å². The fraction of sp³-hybridized carbons (Fsp3) is 0.0714. The number of hydrogen-bond acceptors (Lipinski definition) is 3. The molecule has 4 nitrogen and oxygen atoms in total. The number of nitrogens with two attached hydrogens (primary N) is 1. The smallest absolute Gasteiger partial charge is 0.270 e. The number of halogens is 1. The van der Waals surface area contributed by atoms with Crippen molar-refractivity contribution in [1.82, 2.24) is 10.3 Å². The van der Waals surface area contributed by atoms with Gasteiger partial charge in [0, 0.05) is 12.1 Å². The summed E-state index contributed by atoms with van der Waals surface area (Å²) in [6.07, 6.45) is 1.01. The van der Waals surface area contributed by atoms with E-state index in [0.29, 0.717) is 11.5 Å². The second kappa shape index (κ2) is 6.21. The van der Waals surface area contributed by atoms with Crippen molar-refractivity contribution in [1.29, 1.82) is 0 Å². The third-order valence-electron chi connectivity index (χ3n) is 2.65. The number of carbonyl (C=O) groups is 1. The van der Waals surface area contributed by atoms with Crippen LogP contribution >= 0.6 is 12.2 Å². The minimum atomic E-state index is -0.477. The van der Waals surface area contributed by atoms with Gasteiger partial charge in [0.2, 0.25) is 0 Å². The lowest BCUT2D eigenvalue weighted by Gasteiger charge is -2.06. The maximum atomic E-state index is 12.7. The van der Waals surface area contributed by atoms with E-state index in [1.54, 1.807) is 12.1 Å². The summed E-state index contributed by atoms with van der Waals surface area (Å²) in [6, 6.07) is 9.76. The molecule has 3 N–H and O–H groups in total. The Bertz CT molecular complexity index is 626. The first-order valence-electron chi connectivity index (χ1n) is 5.85. The number of carbonyl (C=O) groups excluding carboxylic acids is 1. The average Bonchev–Trinajstić information content (AvgIpc) is 2.46. The SMILES string of the molecule is NC(=S)c1ccc(CNC(=O)c2ccc(F)cn2)cc1. The third-order valence-corrected chi connectivity index (χ3v) is 2.89. The van der Waals surface area contributed by atoms with Crippen LogP contribution in [0.15, 0.2) is 42.6 Å². The monoisotopic (exact) mass is 289 g/mol. The maximum Gasteiger partial charge on any atom is 0.270 e. The first kappa shape index (κ1) is 14.1. The number of nitrogens with zero attached hydrogens (tertiary/aromatic N) is 1. The van der Waals surface area contributed by atoms with Crippen molar-refractivity contribution in [2.75, 3.05) is 0 Å². The van der Waals surface area contributed by atoms with Crippen LogP contribution in [0.2, 0.25) is 0 Å². The van der Waals surface area contributed by atoms with E-state index in [-0.39, 0.29) is 11.6 Å². The van der Waals surface area contributed by atoms with Gasteiger partial charge in [0.05, 0.1) is 6.20 Å². The number of nitrogens with one attached hydrogen (secondary N) is 1. The predicted octanol–water partition coefficient (Wildman–Crippen LogP) is 1.78. The van der Waals surface area contributed by atoms with E-state index in [2.05, 4.69) is 10.3 Å². The molecule has 20 heavy (non-hydrogen) atoms.